The number of para-hydroxylation sites is 1. The molecule has 37 heavy (non-hydrogen) atoms. The highest BCUT2D eigenvalue weighted by molar-refractivity contribution is 6.08. The number of carbonyl (C=O) groups excluding carboxylic acids is 2. The Morgan fingerprint density at radius 3 is 2.59 bits per heavy atom. The summed E-state index contributed by atoms with van der Waals surface area (Å²) in [6, 6.07) is 18.8. The predicted molar refractivity (Wildman–Crippen MR) is 143 cm³/mol. The first-order valence-corrected chi connectivity index (χ1v) is 12.4. The van der Waals surface area contributed by atoms with Crippen LogP contribution < -0.4 is 24.8 Å². The topological polar surface area (TPSA) is 85.9 Å². The molecule has 1 aliphatic carbocycles. The van der Waals surface area contributed by atoms with Crippen LogP contribution in [-0.2, 0) is 4.79 Å². The van der Waals surface area contributed by atoms with Crippen LogP contribution in [0, 0.1) is 5.92 Å². The molecule has 0 spiro atoms. The van der Waals surface area contributed by atoms with Gasteiger partial charge in [-0.05, 0) is 72.9 Å². The molecule has 3 aromatic carbocycles. The molecule has 7 nitrogen and oxygen atoms in total. The zero-order valence-corrected chi connectivity index (χ0v) is 21.1. The van der Waals surface area contributed by atoms with Gasteiger partial charge in [0.05, 0.1) is 31.0 Å². The molecule has 7 heteroatoms. The number of anilines is 2. The quantitative estimate of drug-likeness (QED) is 0.233. The number of hydrogen-bond acceptors (Lipinski definition) is 6. The zero-order chi connectivity index (χ0) is 25.9. The Balaban J connectivity index is 1.46. The van der Waals surface area contributed by atoms with E-state index in [2.05, 4.69) is 28.9 Å². The van der Waals surface area contributed by atoms with E-state index in [4.69, 9.17) is 14.2 Å². The lowest BCUT2D eigenvalue weighted by molar-refractivity contribution is -0.132. The number of benzene rings is 3. The van der Waals surface area contributed by atoms with Gasteiger partial charge in [0, 0.05) is 18.5 Å². The molecule has 0 fully saturated rings. The fourth-order valence-electron chi connectivity index (χ4n) is 5.26. The van der Waals surface area contributed by atoms with Crippen molar-refractivity contribution >= 4 is 23.3 Å². The van der Waals surface area contributed by atoms with Crippen LogP contribution in [0.2, 0.25) is 0 Å². The summed E-state index contributed by atoms with van der Waals surface area (Å²) >= 11 is 0. The van der Waals surface area contributed by atoms with Crippen LogP contribution >= 0.6 is 0 Å². The SMILES string of the molecule is CCOc1ccc(NC(=O)c2cccc3c2NC(c2ccc(OC(C)=O)c(OC)c2)C2CC=CC32)cc1. The van der Waals surface area contributed by atoms with Gasteiger partial charge < -0.3 is 24.8 Å². The average molecular weight is 499 g/mol. The smallest absolute Gasteiger partial charge is 0.308 e. The second-order valence-corrected chi connectivity index (χ2v) is 9.16. The number of hydrogen-bond donors (Lipinski definition) is 2. The Bertz CT molecular complexity index is 1350. The number of esters is 1. The lowest BCUT2D eigenvalue weighted by Gasteiger charge is -2.38. The number of carbonyl (C=O) groups is 2. The first kappa shape index (κ1) is 24.4. The van der Waals surface area contributed by atoms with Crippen LogP contribution in [-0.4, -0.2) is 25.6 Å². The number of amides is 1. The fraction of sp³-hybridized carbons (Fsp3) is 0.267. The minimum absolute atomic E-state index is 0.0628. The second kappa shape index (κ2) is 10.4. The maximum absolute atomic E-state index is 13.4. The number of methoxy groups -OCH3 is 1. The molecule has 0 bridgehead atoms. The van der Waals surface area contributed by atoms with Crippen molar-refractivity contribution < 1.29 is 23.8 Å². The summed E-state index contributed by atoms with van der Waals surface area (Å²) in [5.74, 6) is 1.50. The molecule has 0 radical (unpaired) electrons. The van der Waals surface area contributed by atoms with E-state index in [1.165, 1.54) is 6.92 Å². The minimum Gasteiger partial charge on any atom is -0.494 e. The number of fused-ring (bicyclic) bond motifs is 3. The molecule has 190 valence electrons. The average Bonchev–Trinajstić information content (AvgIpc) is 3.39. The van der Waals surface area contributed by atoms with Crippen molar-refractivity contribution in [2.24, 2.45) is 5.92 Å². The van der Waals surface area contributed by atoms with Crippen molar-refractivity contribution in [2.45, 2.75) is 32.2 Å². The third kappa shape index (κ3) is 4.89. The van der Waals surface area contributed by atoms with Crippen LogP contribution in [0.5, 0.6) is 17.2 Å². The van der Waals surface area contributed by atoms with Crippen LogP contribution in [0.15, 0.2) is 72.8 Å². The van der Waals surface area contributed by atoms with E-state index < -0.39 is 5.97 Å². The fourth-order valence-corrected chi connectivity index (χ4v) is 5.26. The second-order valence-electron chi connectivity index (χ2n) is 9.16. The van der Waals surface area contributed by atoms with E-state index in [1.54, 1.807) is 13.2 Å². The van der Waals surface area contributed by atoms with Crippen molar-refractivity contribution in [3.8, 4) is 17.2 Å². The molecule has 3 atom stereocenters. The summed E-state index contributed by atoms with van der Waals surface area (Å²) in [6.07, 6.45) is 5.35. The zero-order valence-electron chi connectivity index (χ0n) is 21.1. The summed E-state index contributed by atoms with van der Waals surface area (Å²) in [7, 11) is 1.55. The third-order valence-corrected chi connectivity index (χ3v) is 6.87. The van der Waals surface area contributed by atoms with Crippen molar-refractivity contribution in [1.29, 1.82) is 0 Å². The lowest BCUT2D eigenvalue weighted by Crippen LogP contribution is -2.31. The minimum atomic E-state index is -0.404. The van der Waals surface area contributed by atoms with Crippen LogP contribution in [0.4, 0.5) is 11.4 Å². The summed E-state index contributed by atoms with van der Waals surface area (Å²) in [4.78, 5) is 24.9. The van der Waals surface area contributed by atoms with Gasteiger partial charge in [-0.2, -0.15) is 0 Å². The van der Waals surface area contributed by atoms with Crippen LogP contribution in [0.25, 0.3) is 0 Å². The molecule has 0 aromatic heterocycles. The summed E-state index contributed by atoms with van der Waals surface area (Å²) in [5, 5.41) is 6.69. The molecule has 3 aromatic rings. The van der Waals surface area contributed by atoms with E-state index in [9.17, 15) is 9.59 Å². The van der Waals surface area contributed by atoms with Gasteiger partial charge in [0.2, 0.25) is 0 Å². The van der Waals surface area contributed by atoms with E-state index in [1.807, 2.05) is 55.5 Å². The highest BCUT2D eigenvalue weighted by atomic mass is 16.6. The number of rotatable bonds is 7. The van der Waals surface area contributed by atoms with Gasteiger partial charge >= 0.3 is 5.97 Å². The molecule has 0 saturated carbocycles. The largest absolute Gasteiger partial charge is 0.494 e. The molecule has 1 heterocycles. The molecule has 0 saturated heterocycles. The van der Waals surface area contributed by atoms with Crippen molar-refractivity contribution in [2.75, 3.05) is 24.4 Å². The summed E-state index contributed by atoms with van der Waals surface area (Å²) in [5.41, 5.74) is 4.21. The van der Waals surface area contributed by atoms with Gasteiger partial charge in [0.15, 0.2) is 11.5 Å². The molecule has 2 N–H and O–H groups in total. The first-order valence-electron chi connectivity index (χ1n) is 12.4. The van der Waals surface area contributed by atoms with Gasteiger partial charge in [-0.25, -0.2) is 0 Å². The highest BCUT2D eigenvalue weighted by Crippen LogP contribution is 2.51. The van der Waals surface area contributed by atoms with Gasteiger partial charge in [-0.15, -0.1) is 0 Å². The Kier molecular flexibility index (Phi) is 6.86. The van der Waals surface area contributed by atoms with Gasteiger partial charge in [-0.3, -0.25) is 9.59 Å². The van der Waals surface area contributed by atoms with E-state index >= 15 is 0 Å². The lowest BCUT2D eigenvalue weighted by atomic mass is 9.76. The number of allylic oxidation sites excluding steroid dienone is 2. The van der Waals surface area contributed by atoms with Gasteiger partial charge in [0.1, 0.15) is 5.75 Å². The van der Waals surface area contributed by atoms with E-state index in [0.29, 0.717) is 29.4 Å². The third-order valence-electron chi connectivity index (χ3n) is 6.87. The van der Waals surface area contributed by atoms with Gasteiger partial charge in [-0.1, -0.05) is 30.4 Å². The summed E-state index contributed by atoms with van der Waals surface area (Å²) in [6.45, 7) is 3.88. The van der Waals surface area contributed by atoms with Gasteiger partial charge in [0.25, 0.3) is 5.91 Å². The number of nitrogens with one attached hydrogen (secondary N) is 2. The maximum Gasteiger partial charge on any atom is 0.308 e. The Morgan fingerprint density at radius 2 is 1.86 bits per heavy atom. The highest BCUT2D eigenvalue weighted by Gasteiger charge is 2.39. The standard InChI is InChI=1S/C30H30N2O5/c1-4-36-21-14-12-20(13-15-21)31-30(34)25-10-6-9-24-22-7-5-8-23(22)28(32-29(24)25)19-11-16-26(37-18(2)33)27(17-19)35-3/h5-7,9-17,22-23,28,32H,4,8H2,1-3H3,(H,31,34). The molecular formula is C30H30N2O5. The number of ether oxygens (including phenoxy) is 3. The van der Waals surface area contributed by atoms with Crippen molar-refractivity contribution in [3.63, 3.8) is 0 Å². The monoisotopic (exact) mass is 498 g/mol. The molecule has 1 amide bonds. The Hall–Kier alpha value is -4.26. The Labute approximate surface area is 216 Å². The first-order chi connectivity index (χ1) is 18.0. The summed E-state index contributed by atoms with van der Waals surface area (Å²) < 4.78 is 16.3. The van der Waals surface area contributed by atoms with E-state index in [-0.39, 0.29) is 23.8 Å². The van der Waals surface area contributed by atoms with E-state index in [0.717, 1.165) is 29.0 Å². The van der Waals surface area contributed by atoms with Crippen molar-refractivity contribution in [1.82, 2.24) is 0 Å². The molecular weight excluding hydrogens is 468 g/mol. The van der Waals surface area contributed by atoms with Crippen molar-refractivity contribution in [3.05, 3.63) is 89.5 Å². The van der Waals surface area contributed by atoms with Crippen LogP contribution in [0.3, 0.4) is 0 Å². The molecule has 3 unspecified atom stereocenters. The molecule has 2 aliphatic rings. The van der Waals surface area contributed by atoms with Crippen LogP contribution in [0.1, 0.15) is 53.7 Å². The predicted octanol–water partition coefficient (Wildman–Crippen LogP) is 6.10. The normalized spacial score (nSPS) is 19.3. The maximum atomic E-state index is 13.4. The molecule has 1 aliphatic heterocycles. The molecule has 5 rings (SSSR count). The Morgan fingerprint density at radius 1 is 1.05 bits per heavy atom.